The molecule has 3 heteroatoms. The van der Waals surface area contributed by atoms with Crippen LogP contribution < -0.4 is 0 Å². The zero-order valence-electron chi connectivity index (χ0n) is 7.54. The Hall–Kier alpha value is -0.830. The molecule has 0 fully saturated rings. The topological polar surface area (TPSA) is 38.0 Å². The molecule has 0 spiro atoms. The van der Waals surface area contributed by atoms with Crippen molar-refractivity contribution in [3.63, 3.8) is 0 Å². The molecule has 1 aromatic heterocycles. The number of rotatable bonds is 0. The number of aryl methyl sites for hydroxylation is 2. The van der Waals surface area contributed by atoms with Gasteiger partial charge in [0.15, 0.2) is 0 Å². The van der Waals surface area contributed by atoms with Gasteiger partial charge in [-0.25, -0.2) is 0 Å². The zero-order valence-corrected chi connectivity index (χ0v) is 7.54. The summed E-state index contributed by atoms with van der Waals surface area (Å²) in [5.41, 5.74) is 3.69. The minimum absolute atomic E-state index is 0.160. The number of nitrogens with zero attached hydrogens (tertiary/aromatic N) is 2. The summed E-state index contributed by atoms with van der Waals surface area (Å²) in [5.74, 6) is 0. The summed E-state index contributed by atoms with van der Waals surface area (Å²) in [4.78, 5) is 0. The molecule has 0 aromatic carbocycles. The lowest BCUT2D eigenvalue weighted by Crippen LogP contribution is -2.20. The summed E-state index contributed by atoms with van der Waals surface area (Å²) in [5, 5.41) is 13.8. The van der Waals surface area contributed by atoms with E-state index in [2.05, 4.69) is 5.10 Å². The number of aromatic nitrogens is 2. The fourth-order valence-corrected chi connectivity index (χ4v) is 1.97. The minimum atomic E-state index is -0.160. The summed E-state index contributed by atoms with van der Waals surface area (Å²) >= 11 is 0. The Morgan fingerprint density at radius 3 is 3.08 bits per heavy atom. The second-order valence-electron chi connectivity index (χ2n) is 3.53. The second kappa shape index (κ2) is 2.59. The smallest absolute Gasteiger partial charge is 0.0628 e. The van der Waals surface area contributed by atoms with Crippen molar-refractivity contribution < 1.29 is 5.11 Å². The number of aliphatic hydroxyl groups is 1. The normalized spacial score (nSPS) is 22.4. The van der Waals surface area contributed by atoms with E-state index in [9.17, 15) is 5.11 Å². The fraction of sp³-hybridized carbons (Fsp3) is 0.667. The molecule has 0 saturated heterocycles. The molecule has 1 aliphatic carbocycles. The molecular weight excluding hydrogens is 152 g/mol. The van der Waals surface area contributed by atoms with Crippen molar-refractivity contribution in [1.82, 2.24) is 9.78 Å². The first-order valence-corrected chi connectivity index (χ1v) is 4.38. The molecule has 0 bridgehead atoms. The lowest BCUT2D eigenvalue weighted by Gasteiger charge is -2.17. The van der Waals surface area contributed by atoms with E-state index in [1.165, 1.54) is 11.3 Å². The van der Waals surface area contributed by atoms with Crippen LogP contribution in [0, 0.1) is 6.92 Å². The minimum Gasteiger partial charge on any atom is -0.393 e. The van der Waals surface area contributed by atoms with E-state index in [0.717, 1.165) is 25.0 Å². The molecule has 1 atom stereocenters. The highest BCUT2D eigenvalue weighted by atomic mass is 16.3. The van der Waals surface area contributed by atoms with Gasteiger partial charge in [0.2, 0.25) is 0 Å². The highest BCUT2D eigenvalue weighted by Gasteiger charge is 2.21. The molecule has 0 radical (unpaired) electrons. The van der Waals surface area contributed by atoms with Crippen molar-refractivity contribution in [3.05, 3.63) is 17.0 Å². The molecule has 1 N–H and O–H groups in total. The Morgan fingerprint density at radius 1 is 1.58 bits per heavy atom. The molecular formula is C9H14N2O. The highest BCUT2D eigenvalue weighted by Crippen LogP contribution is 2.23. The van der Waals surface area contributed by atoms with E-state index < -0.39 is 0 Å². The first-order chi connectivity index (χ1) is 5.68. The van der Waals surface area contributed by atoms with Gasteiger partial charge in [0.1, 0.15) is 0 Å². The fourth-order valence-electron chi connectivity index (χ4n) is 1.97. The van der Waals surface area contributed by atoms with Crippen molar-refractivity contribution >= 4 is 0 Å². The Balaban J connectivity index is 2.45. The Kier molecular flexibility index (Phi) is 1.68. The maximum absolute atomic E-state index is 9.45. The van der Waals surface area contributed by atoms with Gasteiger partial charge >= 0.3 is 0 Å². The predicted octanol–water partition coefficient (Wildman–Crippen LogP) is 0.578. The maximum Gasteiger partial charge on any atom is 0.0628 e. The van der Waals surface area contributed by atoms with Crippen LogP contribution in [0.3, 0.4) is 0 Å². The third-order valence-corrected chi connectivity index (χ3v) is 2.63. The van der Waals surface area contributed by atoms with E-state index in [1.807, 2.05) is 18.7 Å². The molecule has 1 aromatic rings. The number of hydrogen-bond donors (Lipinski definition) is 1. The second-order valence-corrected chi connectivity index (χ2v) is 3.53. The molecule has 12 heavy (non-hydrogen) atoms. The van der Waals surface area contributed by atoms with E-state index in [4.69, 9.17) is 0 Å². The molecule has 0 aliphatic heterocycles. The highest BCUT2D eigenvalue weighted by molar-refractivity contribution is 5.28. The maximum atomic E-state index is 9.45. The van der Waals surface area contributed by atoms with E-state index in [-0.39, 0.29) is 6.10 Å². The van der Waals surface area contributed by atoms with Crippen LogP contribution in [0.25, 0.3) is 0 Å². The van der Waals surface area contributed by atoms with Gasteiger partial charge in [0.05, 0.1) is 11.8 Å². The summed E-state index contributed by atoms with van der Waals surface area (Å²) in [6.07, 6.45) is 2.48. The Bertz CT molecular complexity index is 304. The standard InChI is InChI=1S/C9H14N2O/c1-6-8-4-3-7(12)5-9(8)11(2)10-6/h7,12H,3-5H2,1-2H3. The summed E-state index contributed by atoms with van der Waals surface area (Å²) in [7, 11) is 1.95. The number of aliphatic hydroxyl groups excluding tert-OH is 1. The Morgan fingerprint density at radius 2 is 2.33 bits per heavy atom. The van der Waals surface area contributed by atoms with Crippen molar-refractivity contribution in [2.45, 2.75) is 32.3 Å². The summed E-state index contributed by atoms with van der Waals surface area (Å²) < 4.78 is 1.90. The quantitative estimate of drug-likeness (QED) is 0.612. The van der Waals surface area contributed by atoms with Crippen molar-refractivity contribution in [2.24, 2.45) is 7.05 Å². The van der Waals surface area contributed by atoms with Gasteiger partial charge in [-0.2, -0.15) is 5.10 Å². The monoisotopic (exact) mass is 166 g/mol. The van der Waals surface area contributed by atoms with Crippen LogP contribution in [0.1, 0.15) is 23.4 Å². The Labute approximate surface area is 72.0 Å². The first-order valence-electron chi connectivity index (χ1n) is 4.38. The van der Waals surface area contributed by atoms with Gasteiger partial charge in [-0.15, -0.1) is 0 Å². The third kappa shape index (κ3) is 1.05. The lowest BCUT2D eigenvalue weighted by molar-refractivity contribution is 0.156. The van der Waals surface area contributed by atoms with Crippen LogP contribution in [0.2, 0.25) is 0 Å². The van der Waals surface area contributed by atoms with Gasteiger partial charge < -0.3 is 5.11 Å². The zero-order chi connectivity index (χ0) is 8.72. The van der Waals surface area contributed by atoms with E-state index in [0.29, 0.717) is 0 Å². The van der Waals surface area contributed by atoms with Crippen LogP contribution in [-0.4, -0.2) is 21.0 Å². The first kappa shape index (κ1) is 7.80. The SMILES string of the molecule is Cc1nn(C)c2c1CCC(O)C2. The van der Waals surface area contributed by atoms with Crippen molar-refractivity contribution in [2.75, 3.05) is 0 Å². The largest absolute Gasteiger partial charge is 0.393 e. The van der Waals surface area contributed by atoms with Gasteiger partial charge in [0, 0.05) is 19.2 Å². The molecule has 2 rings (SSSR count). The predicted molar refractivity (Wildman–Crippen MR) is 46.0 cm³/mol. The molecule has 66 valence electrons. The molecule has 0 amide bonds. The van der Waals surface area contributed by atoms with Crippen molar-refractivity contribution in [1.29, 1.82) is 0 Å². The van der Waals surface area contributed by atoms with Gasteiger partial charge in [-0.05, 0) is 25.3 Å². The molecule has 1 unspecified atom stereocenters. The molecule has 3 nitrogen and oxygen atoms in total. The third-order valence-electron chi connectivity index (χ3n) is 2.63. The number of fused-ring (bicyclic) bond motifs is 1. The van der Waals surface area contributed by atoms with Crippen molar-refractivity contribution in [3.8, 4) is 0 Å². The lowest BCUT2D eigenvalue weighted by atomic mass is 9.94. The van der Waals surface area contributed by atoms with Crippen LogP contribution in [-0.2, 0) is 19.9 Å². The number of hydrogen-bond acceptors (Lipinski definition) is 2. The van der Waals surface area contributed by atoms with Crippen LogP contribution in [0.4, 0.5) is 0 Å². The van der Waals surface area contributed by atoms with Gasteiger partial charge in [-0.1, -0.05) is 0 Å². The van der Waals surface area contributed by atoms with E-state index >= 15 is 0 Å². The average Bonchev–Trinajstić information content (AvgIpc) is 2.28. The van der Waals surface area contributed by atoms with Crippen LogP contribution in [0.5, 0.6) is 0 Å². The summed E-state index contributed by atoms with van der Waals surface area (Å²) in [6, 6.07) is 0. The van der Waals surface area contributed by atoms with Gasteiger partial charge in [-0.3, -0.25) is 4.68 Å². The van der Waals surface area contributed by atoms with Crippen LogP contribution in [0.15, 0.2) is 0 Å². The molecule has 0 saturated carbocycles. The van der Waals surface area contributed by atoms with Gasteiger partial charge in [0.25, 0.3) is 0 Å². The van der Waals surface area contributed by atoms with E-state index in [1.54, 1.807) is 0 Å². The molecule has 1 aliphatic rings. The average molecular weight is 166 g/mol. The molecule has 1 heterocycles. The summed E-state index contributed by atoms with van der Waals surface area (Å²) in [6.45, 7) is 2.04. The van der Waals surface area contributed by atoms with Crippen LogP contribution >= 0.6 is 0 Å².